The lowest BCUT2D eigenvalue weighted by atomic mass is 9.92. The molecule has 10 aromatic rings. The summed E-state index contributed by atoms with van der Waals surface area (Å²) in [7, 11) is -10.6. The zero-order chi connectivity index (χ0) is 102. The zero-order valence-corrected chi connectivity index (χ0v) is 82.6. The maximum Gasteiger partial charge on any atom is 0.697 e. The molecule has 2 aromatic carbocycles. The molecule has 0 aliphatic carbocycles. The van der Waals surface area contributed by atoms with Crippen LogP contribution >= 0.6 is 59.0 Å². The van der Waals surface area contributed by atoms with Crippen molar-refractivity contribution >= 4 is 143 Å². The third-order valence-corrected chi connectivity index (χ3v) is 31.0. The van der Waals surface area contributed by atoms with E-state index in [1.54, 1.807) is 13.8 Å². The van der Waals surface area contributed by atoms with Gasteiger partial charge in [0.25, 0.3) is 22.2 Å². The van der Waals surface area contributed by atoms with Crippen molar-refractivity contribution in [3.63, 3.8) is 0 Å². The number of hydrogen-bond donors (Lipinski definition) is 20. The summed E-state index contributed by atoms with van der Waals surface area (Å²) in [5.74, 6) is 0.130. The molecule has 762 valence electrons. The highest BCUT2D eigenvalue weighted by Gasteiger charge is 2.58. The lowest BCUT2D eigenvalue weighted by molar-refractivity contribution is -0.120. The number of nitrogens with zero attached hydrogens (tertiary/aromatic N) is 12. The predicted octanol–water partition coefficient (Wildman–Crippen LogP) is 2.06. The molecule has 52 nitrogen and oxygen atoms in total. The summed E-state index contributed by atoms with van der Waals surface area (Å²) in [5, 5.41) is 110. The van der Waals surface area contributed by atoms with Crippen molar-refractivity contribution < 1.29 is 125 Å². The van der Waals surface area contributed by atoms with E-state index in [0.29, 0.717) is 18.6 Å². The van der Waals surface area contributed by atoms with Crippen LogP contribution in [0.25, 0.3) is 44.7 Å². The van der Waals surface area contributed by atoms with Crippen LogP contribution in [0.1, 0.15) is 132 Å². The first-order chi connectivity index (χ1) is 65.3. The number of nitrogens with one attached hydrogen (secondary N) is 6. The number of imidazole rings is 4. The predicted molar refractivity (Wildman–Crippen MR) is 506 cm³/mol. The van der Waals surface area contributed by atoms with E-state index in [0.717, 1.165) is 46.4 Å². The van der Waals surface area contributed by atoms with Gasteiger partial charge in [0.05, 0.1) is 70.4 Å². The second-order valence-electron chi connectivity index (χ2n) is 35.2. The van der Waals surface area contributed by atoms with Crippen molar-refractivity contribution in [2.45, 2.75) is 205 Å². The highest BCUT2D eigenvalue weighted by atomic mass is 32.2. The smallest absolute Gasteiger partial charge is 0.395 e. The van der Waals surface area contributed by atoms with Gasteiger partial charge in [-0.3, -0.25) is 89.9 Å². The van der Waals surface area contributed by atoms with E-state index < -0.39 is 178 Å². The van der Waals surface area contributed by atoms with Gasteiger partial charge >= 0.3 is 23.7 Å². The highest BCUT2D eigenvalue weighted by Crippen LogP contribution is 2.50. The van der Waals surface area contributed by atoms with Gasteiger partial charge in [0.15, 0.2) is 84.9 Å². The number of nitrogen functional groups attached to an aromatic ring is 4. The molecule has 4 aliphatic heterocycles. The summed E-state index contributed by atoms with van der Waals surface area (Å²) < 4.78 is 101. The Hall–Kier alpha value is -9.22. The van der Waals surface area contributed by atoms with Crippen molar-refractivity contribution in [3.05, 3.63) is 139 Å². The number of fused-ring (bicyclic) bond motifs is 4. The van der Waals surface area contributed by atoms with Crippen LogP contribution in [0.15, 0.2) is 105 Å². The average Bonchev–Trinajstić information content (AvgIpc) is 1.61. The van der Waals surface area contributed by atoms with Gasteiger partial charge in [-0.15, -0.1) is 9.05 Å². The molecule has 8 aromatic heterocycles. The van der Waals surface area contributed by atoms with E-state index in [1.807, 2.05) is 102 Å². The quantitative estimate of drug-likeness (QED) is 0.0194. The number of ether oxygens (including phenoxy) is 4. The Morgan fingerprint density at radius 3 is 1.02 bits per heavy atom. The molecule has 0 amide bonds. The number of hydrogen-bond acceptors (Lipinski definition) is 45. The molecular formula is C81H116N22O30P3S3+. The molecule has 19 atom stereocenters. The Labute approximate surface area is 805 Å². The van der Waals surface area contributed by atoms with Gasteiger partial charge in [-0.2, -0.15) is 19.9 Å². The number of thioether (sulfide) groups is 3. The van der Waals surface area contributed by atoms with Crippen LogP contribution in [0.2, 0.25) is 0 Å². The van der Waals surface area contributed by atoms with Gasteiger partial charge in [-0.25, -0.2) is 39.2 Å². The van der Waals surface area contributed by atoms with E-state index in [-0.39, 0.29) is 141 Å². The normalized spacial score (nSPS) is 25.9. The third kappa shape index (κ3) is 25.7. The number of carbonyl (C=O) groups excluding carboxylic acids is 3. The van der Waals surface area contributed by atoms with Crippen LogP contribution in [0.5, 0.6) is 0 Å². The van der Waals surface area contributed by atoms with Gasteiger partial charge in [0, 0.05) is 45.7 Å². The van der Waals surface area contributed by atoms with Crippen LogP contribution in [-0.4, -0.2) is 286 Å². The minimum Gasteiger partial charge on any atom is -0.395 e. The van der Waals surface area contributed by atoms with Crippen molar-refractivity contribution in [1.82, 2.24) is 88.3 Å². The summed E-state index contributed by atoms with van der Waals surface area (Å²) in [4.78, 5) is 126. The summed E-state index contributed by atoms with van der Waals surface area (Å²) >= 11 is 3.13. The fourth-order valence-electron chi connectivity index (χ4n) is 13.8. The summed E-state index contributed by atoms with van der Waals surface area (Å²) in [6.45, 7) is 18.0. The minimum absolute atomic E-state index is 0.00212. The molecule has 4 aliphatic rings. The lowest BCUT2D eigenvalue weighted by Crippen LogP contribution is -2.46. The molecule has 14 rings (SSSR count). The van der Waals surface area contributed by atoms with E-state index in [2.05, 4.69) is 70.0 Å². The van der Waals surface area contributed by atoms with Crippen molar-refractivity contribution in [3.8, 4) is 0 Å². The first kappa shape index (κ1) is 110. The standard InChI is InChI=1S/C26H37N6O8PS.C25H35N6O9PS.C19H28N5O8PS.C11H15N5O5/c1-5-25(2,3)23(35)42-12-11-38-41(37,29-13-16-9-7-6-8-10-16)39-14-17-26(4,36)19(33)22(40-17)32-15-28-18-20(32)30-24(27)31-21(18)34;1-24(2,13-32)22(35)42-10-9-38-41(37,28-11-15-7-5-4-6-8-15)39-12-16-25(3,36)18(33)21(40-16)31-14-27-17-19(31)29-23(26)30-20(17)34;1-5-18(2,3)16(27)34-7-6-30-33(29)31-8-10-19(4,28)12(25)15(32-10)24-9-21-11-13(24)22-17(20)23-14(11)26;1-11(20)4(2-17)21-9(6(11)18)16-3-13-5-7(16)14-10(12)15-8(5)19/h6-10,15,17,19,22,33,36H,5,11-14H2,1-4H3,(H,29,37)(H3,27,30,31,34);4-8,14,16,18,21,32-33,36H,9-13H2,1-3H3,(H,28,37)(H3,26,29,30,34);9-10,12,15,25,28H,5-8H2,1-4H3,(H2-,20,22,23,26);3-4,6,9,17-18,20H,2H2,1H3,(H3,12,14,15,19)/p+1/t17-,19?,22-,26-,41?;16-,18?,21-,25-,41?;10-,12?,15-,19-;4-,6?,9-,11-/m1111/s1. The van der Waals surface area contributed by atoms with Crippen molar-refractivity contribution in [2.75, 3.05) is 93.0 Å². The number of aromatic nitrogens is 16. The van der Waals surface area contributed by atoms with Gasteiger partial charge in [-0.05, 0) is 65.5 Å². The van der Waals surface area contributed by atoms with Crippen LogP contribution in [0.4, 0.5) is 23.8 Å². The summed E-state index contributed by atoms with van der Waals surface area (Å²) in [5.41, 5.74) is 13.0. The molecule has 139 heavy (non-hydrogen) atoms. The maximum absolute atomic E-state index is 13.8. The Kier molecular flexibility index (Phi) is 36.1. The first-order valence-electron chi connectivity index (χ1n) is 43.2. The monoisotopic (exact) mass is 2070 g/mol. The van der Waals surface area contributed by atoms with E-state index in [4.69, 9.17) is 69.0 Å². The van der Waals surface area contributed by atoms with Crippen LogP contribution < -0.4 is 55.3 Å². The Bertz CT molecular complexity index is 6100. The second kappa shape index (κ2) is 45.6. The van der Waals surface area contributed by atoms with E-state index >= 15 is 0 Å². The Balaban J connectivity index is 0.000000182. The van der Waals surface area contributed by atoms with Crippen LogP contribution in [-0.2, 0) is 87.3 Å². The number of carbonyl (C=O) groups is 3. The van der Waals surface area contributed by atoms with Gasteiger partial charge in [-0.1, -0.05) is 137 Å². The fraction of sp³-hybridized carbons (Fsp3) is 0.568. The van der Waals surface area contributed by atoms with E-state index in [1.165, 1.54) is 71.3 Å². The van der Waals surface area contributed by atoms with Crippen molar-refractivity contribution in [1.29, 1.82) is 0 Å². The molecule has 58 heteroatoms. The number of aliphatic hydroxyl groups is 10. The second-order valence-corrected chi connectivity index (χ2v) is 43.0. The molecule has 4 fully saturated rings. The molecule has 0 radical (unpaired) electrons. The molecule has 4 saturated heterocycles. The minimum atomic E-state index is -4.04. The number of anilines is 4. The van der Waals surface area contributed by atoms with Gasteiger partial charge < -0.3 is 92.9 Å². The molecule has 12 heterocycles. The number of aliphatic hydroxyl groups excluding tert-OH is 6. The molecule has 0 spiro atoms. The van der Waals surface area contributed by atoms with E-state index in [9.17, 15) is 98.3 Å². The molecule has 7 unspecified atom stereocenters. The number of H-pyrrole nitrogens is 4. The number of aromatic amines is 4. The van der Waals surface area contributed by atoms with Crippen LogP contribution in [0.3, 0.4) is 0 Å². The van der Waals surface area contributed by atoms with Crippen molar-refractivity contribution in [2.24, 2.45) is 16.2 Å². The Morgan fingerprint density at radius 2 is 0.734 bits per heavy atom. The lowest BCUT2D eigenvalue weighted by Gasteiger charge is -2.28. The largest absolute Gasteiger partial charge is 0.697 e. The number of rotatable bonds is 38. The SMILES string of the molecule is CC(C)(CO)C(=O)SCCOP(=O)(NCc1ccccc1)OC[C@H]1O[C@@H](n2cnc3c(=O)[nH]c(N)nc32)C(O)[C@]1(C)O.CCC(C)(C)C(=O)SCCOP(=O)(NCc1ccccc1)OC[C@H]1O[C@@H](n2cnc3c(=O)[nH]c(N)nc32)C(O)[C@]1(C)O.CCC(C)(C)C(=O)SCCO[P+](=O)OC[C@H]1O[C@@H](n2cnc3c(=O)[nH]c(N)nc32)C(O)[C@]1(C)O.C[C@]1(O)C(O)[C@H](n2cnc3c(=O)[nH]c(N)nc32)O[C@@H]1CO. The third-order valence-electron chi connectivity index (χ3n) is 23.6. The summed E-state index contributed by atoms with van der Waals surface area (Å²) in [6.07, 6.45) is -8.57. The maximum atomic E-state index is 13.8. The number of benzene rings is 2. The number of nitrogens with two attached hydrogens (primary N) is 4. The molecular weight excluding hydrogens is 1950 g/mol. The highest BCUT2D eigenvalue weighted by molar-refractivity contribution is 8.14. The summed E-state index contributed by atoms with van der Waals surface area (Å²) in [6, 6.07) is 18.3. The van der Waals surface area contributed by atoms with Gasteiger partial charge in [0.2, 0.25) is 23.8 Å². The fourth-order valence-corrected chi connectivity index (χ4v) is 19.9. The van der Waals surface area contributed by atoms with Gasteiger partial charge in [0.1, 0.15) is 84.4 Å². The molecule has 24 N–H and O–H groups in total. The molecule has 0 saturated carbocycles. The first-order valence-corrected chi connectivity index (χ1v) is 50.4. The Morgan fingerprint density at radius 1 is 0.453 bits per heavy atom. The topological polar surface area (TPSA) is 779 Å². The molecule has 0 bridgehead atoms. The van der Waals surface area contributed by atoms with Crippen LogP contribution in [0, 0.1) is 16.2 Å². The average molecular weight is 2070 g/mol. The zero-order valence-electron chi connectivity index (χ0n) is 77.5.